The smallest absolute Gasteiger partial charge is 0.0178 e. The molecule has 100 valence electrons. The van der Waals surface area contributed by atoms with E-state index >= 15 is 0 Å². The van der Waals surface area contributed by atoms with Crippen LogP contribution in [0.4, 0.5) is 0 Å². The zero-order valence-electron chi connectivity index (χ0n) is 12.0. The first-order valence-electron chi connectivity index (χ1n) is 6.79. The highest BCUT2D eigenvalue weighted by atomic mass is 79.9. The quantitative estimate of drug-likeness (QED) is 0.871. The van der Waals surface area contributed by atoms with Gasteiger partial charge in [0.2, 0.25) is 0 Å². The zero-order chi connectivity index (χ0) is 13.6. The van der Waals surface area contributed by atoms with Gasteiger partial charge in [0.15, 0.2) is 0 Å². The molecule has 2 unspecified atom stereocenters. The van der Waals surface area contributed by atoms with Crippen molar-refractivity contribution in [1.29, 1.82) is 0 Å². The lowest BCUT2D eigenvalue weighted by molar-refractivity contribution is 0.489. The number of hydrogen-bond donors (Lipinski definition) is 1. The molecule has 1 aliphatic carbocycles. The van der Waals surface area contributed by atoms with Gasteiger partial charge < -0.3 is 5.32 Å². The summed E-state index contributed by atoms with van der Waals surface area (Å²) in [6.45, 7) is 12.7. The molecule has 2 rings (SSSR count). The Morgan fingerprint density at radius 2 is 1.94 bits per heavy atom. The molecule has 1 fully saturated rings. The summed E-state index contributed by atoms with van der Waals surface area (Å²) in [5.74, 6) is 0.710. The largest absolute Gasteiger partial charge is 0.314 e. The van der Waals surface area contributed by atoms with Crippen LogP contribution in [0.3, 0.4) is 0 Å². The Morgan fingerprint density at radius 3 is 2.50 bits per heavy atom. The maximum absolute atomic E-state index is 3.59. The Bertz CT molecular complexity index is 438. The van der Waals surface area contributed by atoms with Gasteiger partial charge in [-0.15, -0.1) is 0 Å². The summed E-state index contributed by atoms with van der Waals surface area (Å²) in [5, 5.41) is 3.59. The van der Waals surface area contributed by atoms with Crippen LogP contribution < -0.4 is 5.32 Å². The second-order valence-electron chi connectivity index (χ2n) is 6.55. The van der Waals surface area contributed by atoms with Gasteiger partial charge in [-0.25, -0.2) is 0 Å². The van der Waals surface area contributed by atoms with E-state index in [-0.39, 0.29) is 0 Å². The lowest BCUT2D eigenvalue weighted by Gasteiger charge is -2.16. The minimum atomic E-state index is 0.290. The summed E-state index contributed by atoms with van der Waals surface area (Å²) in [7, 11) is 0. The van der Waals surface area contributed by atoms with Gasteiger partial charge in [0.1, 0.15) is 0 Å². The van der Waals surface area contributed by atoms with Crippen LogP contribution in [-0.2, 0) is 5.41 Å². The fourth-order valence-electron chi connectivity index (χ4n) is 3.30. The molecule has 1 N–H and O–H groups in total. The lowest BCUT2D eigenvalue weighted by Crippen LogP contribution is -2.27. The third kappa shape index (κ3) is 2.14. The van der Waals surface area contributed by atoms with Crippen LogP contribution in [0.15, 0.2) is 28.7 Å². The number of rotatable bonds is 4. The molecule has 0 aromatic heterocycles. The van der Waals surface area contributed by atoms with Crippen molar-refractivity contribution < 1.29 is 0 Å². The van der Waals surface area contributed by atoms with E-state index in [2.05, 4.69) is 80.1 Å². The molecule has 1 aromatic rings. The number of nitrogens with one attached hydrogen (secondary N) is 1. The van der Waals surface area contributed by atoms with E-state index in [1.165, 1.54) is 10.0 Å². The van der Waals surface area contributed by atoms with Crippen molar-refractivity contribution in [2.24, 2.45) is 11.3 Å². The van der Waals surface area contributed by atoms with Crippen LogP contribution in [0, 0.1) is 11.3 Å². The van der Waals surface area contributed by atoms with Crippen molar-refractivity contribution >= 4 is 15.9 Å². The molecule has 2 heteroatoms. The van der Waals surface area contributed by atoms with Crippen LogP contribution in [0.1, 0.15) is 40.2 Å². The van der Waals surface area contributed by atoms with Crippen LogP contribution in [0.25, 0.3) is 0 Å². The average molecular weight is 310 g/mol. The number of hydrogen-bond acceptors (Lipinski definition) is 1. The molecular formula is C16H24BrN. The number of halogens is 1. The highest BCUT2D eigenvalue weighted by Gasteiger charge is 2.67. The second-order valence-corrected chi connectivity index (χ2v) is 7.47. The van der Waals surface area contributed by atoms with Gasteiger partial charge in [0.25, 0.3) is 0 Å². The summed E-state index contributed by atoms with van der Waals surface area (Å²) in [5.41, 5.74) is 2.12. The molecule has 0 saturated heterocycles. The van der Waals surface area contributed by atoms with E-state index in [1.54, 1.807) is 0 Å². The van der Waals surface area contributed by atoms with Crippen molar-refractivity contribution in [3.63, 3.8) is 0 Å². The van der Waals surface area contributed by atoms with E-state index in [0.29, 0.717) is 22.8 Å². The Labute approximate surface area is 119 Å². The molecule has 0 spiro atoms. The fourth-order valence-corrected chi connectivity index (χ4v) is 3.70. The maximum Gasteiger partial charge on any atom is 0.0178 e. The Hall–Kier alpha value is -0.340. The van der Waals surface area contributed by atoms with Gasteiger partial charge in [0, 0.05) is 15.9 Å². The Morgan fingerprint density at radius 1 is 1.28 bits per heavy atom. The normalized spacial score (nSPS) is 29.6. The van der Waals surface area contributed by atoms with E-state index in [1.807, 2.05) is 0 Å². The van der Waals surface area contributed by atoms with Crippen LogP contribution in [-0.4, -0.2) is 12.6 Å². The van der Waals surface area contributed by atoms with Crippen molar-refractivity contribution in [1.82, 2.24) is 5.32 Å². The van der Waals surface area contributed by atoms with Gasteiger partial charge in [-0.1, -0.05) is 62.7 Å². The molecule has 1 nitrogen and oxygen atoms in total. The first-order valence-corrected chi connectivity index (χ1v) is 7.59. The second kappa shape index (κ2) is 4.64. The molecule has 18 heavy (non-hydrogen) atoms. The van der Waals surface area contributed by atoms with E-state index in [9.17, 15) is 0 Å². The van der Waals surface area contributed by atoms with Crippen LogP contribution in [0.2, 0.25) is 0 Å². The van der Waals surface area contributed by atoms with Gasteiger partial charge in [-0.2, -0.15) is 0 Å². The first kappa shape index (κ1) is 14.1. The third-order valence-electron chi connectivity index (χ3n) is 4.98. The lowest BCUT2D eigenvalue weighted by atomic mass is 9.90. The predicted molar refractivity (Wildman–Crippen MR) is 81.9 cm³/mol. The molecule has 0 amide bonds. The summed E-state index contributed by atoms with van der Waals surface area (Å²) < 4.78 is 1.18. The average Bonchev–Trinajstić information content (AvgIpc) is 2.71. The first-order chi connectivity index (χ1) is 8.30. The molecular weight excluding hydrogens is 286 g/mol. The minimum absolute atomic E-state index is 0.290. The summed E-state index contributed by atoms with van der Waals surface area (Å²) in [6, 6.07) is 9.35. The molecule has 1 saturated carbocycles. The molecule has 2 atom stereocenters. The Kier molecular flexibility index (Phi) is 3.63. The summed E-state index contributed by atoms with van der Waals surface area (Å²) >= 11 is 3.59. The molecule has 0 bridgehead atoms. The van der Waals surface area contributed by atoms with Crippen molar-refractivity contribution in [2.45, 2.75) is 46.1 Å². The highest BCUT2D eigenvalue weighted by Crippen LogP contribution is 2.69. The minimum Gasteiger partial charge on any atom is -0.314 e. The van der Waals surface area contributed by atoms with Gasteiger partial charge in [0.05, 0.1) is 0 Å². The molecule has 0 aliphatic heterocycles. The fraction of sp³-hybridized carbons (Fsp3) is 0.625. The van der Waals surface area contributed by atoms with Gasteiger partial charge in [-0.3, -0.25) is 0 Å². The molecule has 1 aliphatic rings. The third-order valence-corrected chi connectivity index (χ3v) is 5.47. The molecule has 1 aromatic carbocycles. The SMILES string of the molecule is CC(C)NCC1C(C)(C)C1(C)c1cccc(Br)c1. The van der Waals surface area contributed by atoms with Crippen LogP contribution in [0.5, 0.6) is 0 Å². The van der Waals surface area contributed by atoms with E-state index in [4.69, 9.17) is 0 Å². The molecule has 0 radical (unpaired) electrons. The summed E-state index contributed by atoms with van der Waals surface area (Å²) in [6.07, 6.45) is 0. The maximum atomic E-state index is 3.59. The topological polar surface area (TPSA) is 12.0 Å². The monoisotopic (exact) mass is 309 g/mol. The highest BCUT2D eigenvalue weighted by molar-refractivity contribution is 9.10. The van der Waals surface area contributed by atoms with Gasteiger partial charge in [-0.05, 0) is 35.6 Å². The summed E-state index contributed by atoms with van der Waals surface area (Å²) in [4.78, 5) is 0. The standard InChI is InChI=1S/C16H24BrN/c1-11(2)18-10-14-15(3,4)16(14,5)12-7-6-8-13(17)9-12/h6-9,11,14,18H,10H2,1-5H3. The van der Waals surface area contributed by atoms with E-state index < -0.39 is 0 Å². The van der Waals surface area contributed by atoms with Crippen LogP contribution >= 0.6 is 15.9 Å². The predicted octanol–water partition coefficient (Wildman–Crippen LogP) is 4.36. The zero-order valence-corrected chi connectivity index (χ0v) is 13.6. The Balaban J connectivity index is 2.21. The van der Waals surface area contributed by atoms with Crippen molar-refractivity contribution in [3.8, 4) is 0 Å². The van der Waals surface area contributed by atoms with Crippen molar-refractivity contribution in [2.75, 3.05) is 6.54 Å². The molecule has 0 heterocycles. The van der Waals surface area contributed by atoms with Gasteiger partial charge >= 0.3 is 0 Å². The number of benzene rings is 1. The van der Waals surface area contributed by atoms with E-state index in [0.717, 1.165) is 6.54 Å². The van der Waals surface area contributed by atoms with Crippen molar-refractivity contribution in [3.05, 3.63) is 34.3 Å².